The molecular formula is C18H19N5O2S. The van der Waals surface area contributed by atoms with E-state index in [1.54, 1.807) is 39.9 Å². The number of hydrogen-bond donors (Lipinski definition) is 0. The van der Waals surface area contributed by atoms with Crippen LogP contribution in [-0.4, -0.2) is 45.6 Å². The summed E-state index contributed by atoms with van der Waals surface area (Å²) >= 11 is 0. The summed E-state index contributed by atoms with van der Waals surface area (Å²) in [5.41, 5.74) is 1.84. The first-order valence-electron chi connectivity index (χ1n) is 8.56. The Kier molecular flexibility index (Phi) is 4.52. The second kappa shape index (κ2) is 6.97. The lowest BCUT2D eigenvalue weighted by molar-refractivity contribution is 0.346. The number of hydrogen-bond acceptors (Lipinski definition) is 5. The molecule has 0 amide bonds. The molecule has 8 heteroatoms. The fourth-order valence-electron chi connectivity index (χ4n) is 3.10. The summed E-state index contributed by atoms with van der Waals surface area (Å²) in [7, 11) is -3.40. The third-order valence-electron chi connectivity index (χ3n) is 4.57. The van der Waals surface area contributed by atoms with Gasteiger partial charge in [-0.2, -0.15) is 4.31 Å². The smallest absolute Gasteiger partial charge is 0.243 e. The molecule has 2 aromatic heterocycles. The van der Waals surface area contributed by atoms with Crippen LogP contribution in [0.2, 0.25) is 0 Å². The van der Waals surface area contributed by atoms with Crippen molar-refractivity contribution in [1.29, 1.82) is 0 Å². The molecule has 0 spiro atoms. The first-order valence-corrected chi connectivity index (χ1v) is 10.0. The van der Waals surface area contributed by atoms with Crippen molar-refractivity contribution in [3.05, 3.63) is 55.2 Å². The van der Waals surface area contributed by atoms with Crippen molar-refractivity contribution in [3.63, 3.8) is 0 Å². The van der Waals surface area contributed by atoms with Crippen LogP contribution in [0.15, 0.2) is 60.1 Å². The van der Waals surface area contributed by atoms with Crippen LogP contribution in [0.25, 0.3) is 16.9 Å². The topological polar surface area (TPSA) is 81.0 Å². The van der Waals surface area contributed by atoms with Gasteiger partial charge in [0, 0.05) is 24.8 Å². The van der Waals surface area contributed by atoms with E-state index in [1.165, 1.54) is 0 Å². The summed E-state index contributed by atoms with van der Waals surface area (Å²) in [6, 6.07) is 10.8. The summed E-state index contributed by atoms with van der Waals surface area (Å²) in [5.74, 6) is 0.725. The Labute approximate surface area is 152 Å². The molecule has 4 rings (SSSR count). The molecule has 0 aliphatic carbocycles. The molecule has 0 N–H and O–H groups in total. The number of sulfonamides is 1. The van der Waals surface area contributed by atoms with E-state index >= 15 is 0 Å². The first-order chi connectivity index (χ1) is 12.6. The Morgan fingerprint density at radius 3 is 2.08 bits per heavy atom. The fraction of sp³-hybridized carbons (Fsp3) is 0.278. The molecule has 1 aromatic carbocycles. The van der Waals surface area contributed by atoms with Gasteiger partial charge in [0.05, 0.1) is 4.90 Å². The Hall–Kier alpha value is -2.58. The molecule has 7 nitrogen and oxygen atoms in total. The van der Waals surface area contributed by atoms with Gasteiger partial charge in [-0.3, -0.25) is 4.57 Å². The molecule has 1 aliphatic heterocycles. The van der Waals surface area contributed by atoms with Crippen LogP contribution in [-0.2, 0) is 10.0 Å². The zero-order valence-corrected chi connectivity index (χ0v) is 15.0. The van der Waals surface area contributed by atoms with E-state index in [0.717, 1.165) is 36.2 Å². The zero-order valence-electron chi connectivity index (χ0n) is 14.2. The maximum atomic E-state index is 12.7. The Balaban J connectivity index is 1.56. The van der Waals surface area contributed by atoms with E-state index in [4.69, 9.17) is 0 Å². The predicted molar refractivity (Wildman–Crippen MR) is 97.2 cm³/mol. The van der Waals surface area contributed by atoms with Gasteiger partial charge in [-0.25, -0.2) is 13.4 Å². The van der Waals surface area contributed by atoms with E-state index in [1.807, 2.05) is 24.3 Å². The summed E-state index contributed by atoms with van der Waals surface area (Å²) in [6.07, 6.45) is 7.89. The molecule has 1 aliphatic rings. The normalized spacial score (nSPS) is 15.8. The third-order valence-corrected chi connectivity index (χ3v) is 6.48. The quantitative estimate of drug-likeness (QED) is 0.706. The van der Waals surface area contributed by atoms with Crippen LogP contribution in [0.3, 0.4) is 0 Å². The summed E-state index contributed by atoms with van der Waals surface area (Å²) in [6.45, 7) is 1.22. The Bertz CT molecular complexity index is 961. The van der Waals surface area contributed by atoms with E-state index < -0.39 is 10.0 Å². The van der Waals surface area contributed by atoms with Crippen LogP contribution in [0.5, 0.6) is 0 Å². The van der Waals surface area contributed by atoms with Gasteiger partial charge >= 0.3 is 0 Å². The number of pyridine rings is 1. The average Bonchev–Trinajstić information content (AvgIpc) is 3.24. The lowest BCUT2D eigenvalue weighted by Crippen LogP contribution is -2.35. The second-order valence-corrected chi connectivity index (χ2v) is 8.20. The monoisotopic (exact) mass is 369 g/mol. The lowest BCUT2D eigenvalue weighted by Gasteiger charge is -2.25. The van der Waals surface area contributed by atoms with Gasteiger partial charge in [-0.05, 0) is 42.7 Å². The molecule has 1 saturated heterocycles. The van der Waals surface area contributed by atoms with Crippen molar-refractivity contribution in [2.45, 2.75) is 24.2 Å². The highest BCUT2D eigenvalue weighted by Gasteiger charge is 2.25. The van der Waals surface area contributed by atoms with Crippen molar-refractivity contribution in [1.82, 2.24) is 24.1 Å². The summed E-state index contributed by atoms with van der Waals surface area (Å²) < 4.78 is 28.7. The van der Waals surface area contributed by atoms with Crippen molar-refractivity contribution in [2.24, 2.45) is 0 Å². The molecule has 26 heavy (non-hydrogen) atoms. The minimum Gasteiger partial charge on any atom is -0.272 e. The molecular weight excluding hydrogens is 350 g/mol. The molecule has 1 fully saturated rings. The fourth-order valence-corrected chi connectivity index (χ4v) is 4.62. The number of nitrogens with zero attached hydrogens (tertiary/aromatic N) is 5. The van der Waals surface area contributed by atoms with Crippen molar-refractivity contribution in [2.75, 3.05) is 13.1 Å². The lowest BCUT2D eigenvalue weighted by atomic mass is 10.1. The van der Waals surface area contributed by atoms with E-state index in [9.17, 15) is 8.42 Å². The van der Waals surface area contributed by atoms with Crippen molar-refractivity contribution < 1.29 is 8.42 Å². The Morgan fingerprint density at radius 1 is 0.808 bits per heavy atom. The second-order valence-electron chi connectivity index (χ2n) is 6.26. The van der Waals surface area contributed by atoms with Gasteiger partial charge in [-0.1, -0.05) is 18.6 Å². The molecule has 0 radical (unpaired) electrons. The first kappa shape index (κ1) is 16.9. The Morgan fingerprint density at radius 2 is 1.46 bits per heavy atom. The molecule has 0 unspecified atom stereocenters. The van der Waals surface area contributed by atoms with Gasteiger partial charge in [0.25, 0.3) is 0 Å². The molecule has 0 saturated carbocycles. The maximum absolute atomic E-state index is 12.7. The predicted octanol–water partition coefficient (Wildman–Crippen LogP) is 2.50. The number of rotatable bonds is 4. The van der Waals surface area contributed by atoms with Gasteiger partial charge in [0.15, 0.2) is 0 Å². The zero-order chi connectivity index (χ0) is 18.0. The third kappa shape index (κ3) is 3.25. The molecule has 134 valence electrons. The number of benzene rings is 1. The number of aromatic nitrogens is 4. The minimum absolute atomic E-state index is 0.345. The van der Waals surface area contributed by atoms with Crippen LogP contribution < -0.4 is 0 Å². The molecule has 0 bridgehead atoms. The number of piperidine rings is 1. The van der Waals surface area contributed by atoms with Crippen molar-refractivity contribution in [3.8, 4) is 16.9 Å². The molecule has 3 heterocycles. The highest BCUT2D eigenvalue weighted by Crippen LogP contribution is 2.24. The summed E-state index contributed by atoms with van der Waals surface area (Å²) in [4.78, 5) is 4.74. The minimum atomic E-state index is -3.40. The van der Waals surface area contributed by atoms with Crippen LogP contribution in [0.1, 0.15) is 19.3 Å². The van der Waals surface area contributed by atoms with Crippen LogP contribution in [0.4, 0.5) is 0 Å². The maximum Gasteiger partial charge on any atom is 0.243 e. The molecule has 0 atom stereocenters. The van der Waals surface area contributed by atoms with Crippen molar-refractivity contribution >= 4 is 10.0 Å². The van der Waals surface area contributed by atoms with Gasteiger partial charge in [0.1, 0.15) is 18.5 Å². The van der Waals surface area contributed by atoms with Crippen LogP contribution >= 0.6 is 0 Å². The van der Waals surface area contributed by atoms with E-state index in [2.05, 4.69) is 15.2 Å². The summed E-state index contributed by atoms with van der Waals surface area (Å²) in [5, 5.41) is 7.52. The van der Waals surface area contributed by atoms with Gasteiger partial charge in [0.2, 0.25) is 10.0 Å². The van der Waals surface area contributed by atoms with Gasteiger partial charge in [-0.15, -0.1) is 10.2 Å². The highest BCUT2D eigenvalue weighted by atomic mass is 32.2. The van der Waals surface area contributed by atoms with Gasteiger partial charge < -0.3 is 0 Å². The highest BCUT2D eigenvalue weighted by molar-refractivity contribution is 7.89. The van der Waals surface area contributed by atoms with E-state index in [-0.39, 0.29) is 0 Å². The molecule has 3 aromatic rings. The average molecular weight is 369 g/mol. The van der Waals surface area contributed by atoms with Crippen LogP contribution in [0, 0.1) is 0 Å². The standard InChI is InChI=1S/C18H19N5O2S/c24-26(25,23-10-2-1-3-11-23)17-7-4-15(5-8-17)16-6-9-18(19-12-16)22-13-20-21-14-22/h4-9,12-14H,1-3,10-11H2. The SMILES string of the molecule is O=S(=O)(c1ccc(-c2ccc(-n3cnnc3)nc2)cc1)N1CCCCC1. The largest absolute Gasteiger partial charge is 0.272 e. The van der Waals surface area contributed by atoms with E-state index in [0.29, 0.717) is 18.0 Å².